The van der Waals surface area contributed by atoms with Crippen LogP contribution in [0.5, 0.6) is 0 Å². The van der Waals surface area contributed by atoms with Gasteiger partial charge in [0.15, 0.2) is 5.82 Å². The number of hydrogen-bond donors (Lipinski definition) is 0. The van der Waals surface area contributed by atoms with Crippen LogP contribution in [0.3, 0.4) is 0 Å². The molecule has 0 radical (unpaired) electrons. The standard InChI is InChI=1S/C52H33N3/c1-3-12-36(13-4-1)47-33-48(54-52(53-47)38-14-5-2-6-15-38)37-23-27-42(28-24-37)55-49-18-10-9-17-45(49)51-44-29-25-39(31-41(44)26-30-50(51)55)40-22-21-35-20-19-34-11-7-8-16-43(34)46(35)32-40/h1-33H. The highest BCUT2D eigenvalue weighted by Gasteiger charge is 2.16. The van der Waals surface area contributed by atoms with Crippen molar-refractivity contribution in [2.24, 2.45) is 0 Å². The van der Waals surface area contributed by atoms with Crippen LogP contribution >= 0.6 is 0 Å². The van der Waals surface area contributed by atoms with Crippen molar-refractivity contribution in [3.8, 4) is 50.7 Å². The molecule has 9 aromatic carbocycles. The Morgan fingerprint density at radius 3 is 1.65 bits per heavy atom. The Hall–Kier alpha value is -7.36. The summed E-state index contributed by atoms with van der Waals surface area (Å²) in [5, 5.41) is 10.1. The van der Waals surface area contributed by atoms with Crippen LogP contribution in [0.25, 0.3) is 105 Å². The zero-order valence-corrected chi connectivity index (χ0v) is 29.9. The molecule has 0 atom stereocenters. The summed E-state index contributed by atoms with van der Waals surface area (Å²) in [5.41, 5.74) is 10.8. The van der Waals surface area contributed by atoms with Crippen molar-refractivity contribution >= 4 is 54.1 Å². The molecule has 2 heterocycles. The number of hydrogen-bond acceptors (Lipinski definition) is 2. The molecule has 256 valence electrons. The number of aromatic nitrogens is 3. The fraction of sp³-hybridized carbons (Fsp3) is 0. The van der Waals surface area contributed by atoms with Gasteiger partial charge in [-0.05, 0) is 85.9 Å². The van der Waals surface area contributed by atoms with Crippen LogP contribution in [0.15, 0.2) is 200 Å². The van der Waals surface area contributed by atoms with Crippen molar-refractivity contribution < 1.29 is 0 Å². The quantitative estimate of drug-likeness (QED) is 0.167. The van der Waals surface area contributed by atoms with E-state index in [1.807, 2.05) is 36.4 Å². The maximum Gasteiger partial charge on any atom is 0.160 e. The fourth-order valence-electron chi connectivity index (χ4n) is 8.29. The zero-order valence-electron chi connectivity index (χ0n) is 29.9. The molecule has 0 aliphatic rings. The molecule has 0 bridgehead atoms. The number of nitrogens with zero attached hydrogens (tertiary/aromatic N) is 3. The molecule has 11 rings (SSSR count). The second-order valence-electron chi connectivity index (χ2n) is 14.2. The summed E-state index contributed by atoms with van der Waals surface area (Å²) in [6, 6.07) is 71.6. The van der Waals surface area contributed by atoms with Crippen molar-refractivity contribution in [1.82, 2.24) is 14.5 Å². The summed E-state index contributed by atoms with van der Waals surface area (Å²) < 4.78 is 2.39. The van der Waals surface area contributed by atoms with Crippen molar-refractivity contribution in [1.29, 1.82) is 0 Å². The third kappa shape index (κ3) is 5.28. The Morgan fingerprint density at radius 1 is 0.309 bits per heavy atom. The number of rotatable bonds is 5. The third-order valence-electron chi connectivity index (χ3n) is 11.0. The number of benzene rings is 9. The van der Waals surface area contributed by atoms with Crippen molar-refractivity contribution in [2.45, 2.75) is 0 Å². The van der Waals surface area contributed by atoms with Gasteiger partial charge >= 0.3 is 0 Å². The van der Waals surface area contributed by atoms with Gasteiger partial charge in [-0.2, -0.15) is 0 Å². The van der Waals surface area contributed by atoms with Gasteiger partial charge in [0.2, 0.25) is 0 Å². The first kappa shape index (κ1) is 31.2. The molecule has 0 saturated heterocycles. The average molecular weight is 700 g/mol. The molecule has 55 heavy (non-hydrogen) atoms. The third-order valence-corrected chi connectivity index (χ3v) is 11.0. The average Bonchev–Trinajstić information content (AvgIpc) is 3.61. The molecule has 0 aliphatic heterocycles. The minimum atomic E-state index is 0.715. The highest BCUT2D eigenvalue weighted by Crippen LogP contribution is 2.39. The van der Waals surface area contributed by atoms with Crippen LogP contribution < -0.4 is 0 Å². The van der Waals surface area contributed by atoms with Gasteiger partial charge < -0.3 is 4.57 Å². The molecular formula is C52H33N3. The summed E-state index contributed by atoms with van der Waals surface area (Å²) in [4.78, 5) is 10.0. The van der Waals surface area contributed by atoms with Crippen LogP contribution in [-0.2, 0) is 0 Å². The Bertz CT molecular complexity index is 3180. The highest BCUT2D eigenvalue weighted by atomic mass is 15.0. The van der Waals surface area contributed by atoms with E-state index in [1.165, 1.54) is 65.3 Å². The van der Waals surface area contributed by atoms with Gasteiger partial charge in [0.1, 0.15) is 0 Å². The van der Waals surface area contributed by atoms with Crippen molar-refractivity contribution in [2.75, 3.05) is 0 Å². The summed E-state index contributed by atoms with van der Waals surface area (Å²) >= 11 is 0. The fourth-order valence-corrected chi connectivity index (χ4v) is 8.29. The zero-order chi connectivity index (χ0) is 36.3. The Morgan fingerprint density at radius 2 is 0.873 bits per heavy atom. The van der Waals surface area contributed by atoms with Gasteiger partial charge in [-0.15, -0.1) is 0 Å². The first-order valence-electron chi connectivity index (χ1n) is 18.7. The summed E-state index contributed by atoms with van der Waals surface area (Å²) in [6.07, 6.45) is 0. The van der Waals surface area contributed by atoms with Gasteiger partial charge in [0.25, 0.3) is 0 Å². The van der Waals surface area contributed by atoms with E-state index in [-0.39, 0.29) is 0 Å². The van der Waals surface area contributed by atoms with Crippen molar-refractivity contribution in [3.63, 3.8) is 0 Å². The number of para-hydroxylation sites is 1. The van der Waals surface area contributed by atoms with E-state index in [1.54, 1.807) is 0 Å². The highest BCUT2D eigenvalue weighted by molar-refractivity contribution is 6.21. The normalized spacial score (nSPS) is 11.6. The van der Waals surface area contributed by atoms with E-state index in [4.69, 9.17) is 9.97 Å². The lowest BCUT2D eigenvalue weighted by Gasteiger charge is -2.12. The molecule has 2 aromatic heterocycles. The summed E-state index contributed by atoms with van der Waals surface area (Å²) in [6.45, 7) is 0. The molecule has 0 aliphatic carbocycles. The van der Waals surface area contributed by atoms with Gasteiger partial charge in [-0.25, -0.2) is 9.97 Å². The van der Waals surface area contributed by atoms with Crippen LogP contribution in [0.2, 0.25) is 0 Å². The lowest BCUT2D eigenvalue weighted by Crippen LogP contribution is -1.97. The van der Waals surface area contributed by atoms with Crippen LogP contribution in [0.4, 0.5) is 0 Å². The molecular weight excluding hydrogens is 667 g/mol. The lowest BCUT2D eigenvalue weighted by molar-refractivity contribution is 1.17. The molecule has 3 nitrogen and oxygen atoms in total. The Kier molecular flexibility index (Phi) is 7.17. The monoisotopic (exact) mass is 699 g/mol. The Labute approximate surface area is 318 Å². The van der Waals surface area contributed by atoms with Crippen LogP contribution in [0, 0.1) is 0 Å². The van der Waals surface area contributed by atoms with E-state index >= 15 is 0 Å². The van der Waals surface area contributed by atoms with Crippen LogP contribution in [0.1, 0.15) is 0 Å². The predicted molar refractivity (Wildman–Crippen MR) is 231 cm³/mol. The smallest absolute Gasteiger partial charge is 0.160 e. The van der Waals surface area contributed by atoms with E-state index in [2.05, 4.69) is 168 Å². The number of fused-ring (bicyclic) bond motifs is 8. The molecule has 0 spiro atoms. The van der Waals surface area contributed by atoms with Gasteiger partial charge in [0.05, 0.1) is 22.4 Å². The minimum absolute atomic E-state index is 0.715. The molecule has 11 aromatic rings. The SMILES string of the molecule is c1ccc(-c2cc(-c3ccc(-n4c5ccccc5c5c6ccc(-c7ccc8ccc9ccccc9c8c7)cc6ccc54)cc3)nc(-c3ccccc3)n2)cc1. The molecule has 3 heteroatoms. The van der Waals surface area contributed by atoms with Gasteiger partial charge in [-0.1, -0.05) is 158 Å². The van der Waals surface area contributed by atoms with E-state index in [9.17, 15) is 0 Å². The van der Waals surface area contributed by atoms with E-state index in [0.29, 0.717) is 5.82 Å². The second-order valence-corrected chi connectivity index (χ2v) is 14.2. The van der Waals surface area contributed by atoms with E-state index in [0.717, 1.165) is 33.8 Å². The first-order valence-corrected chi connectivity index (χ1v) is 18.7. The molecule has 0 fully saturated rings. The molecule has 0 N–H and O–H groups in total. The summed E-state index contributed by atoms with van der Waals surface area (Å²) in [5.74, 6) is 0.715. The van der Waals surface area contributed by atoms with Crippen LogP contribution in [-0.4, -0.2) is 14.5 Å². The predicted octanol–water partition coefficient (Wildman–Crippen LogP) is 13.7. The molecule has 0 unspecified atom stereocenters. The van der Waals surface area contributed by atoms with Gasteiger partial charge in [-0.3, -0.25) is 0 Å². The van der Waals surface area contributed by atoms with Gasteiger partial charge in [0, 0.05) is 33.2 Å². The second kappa shape index (κ2) is 12.6. The Balaban J connectivity index is 1.02. The molecule has 0 saturated carbocycles. The van der Waals surface area contributed by atoms with Crippen molar-refractivity contribution in [3.05, 3.63) is 200 Å². The minimum Gasteiger partial charge on any atom is -0.309 e. The maximum absolute atomic E-state index is 5.07. The summed E-state index contributed by atoms with van der Waals surface area (Å²) in [7, 11) is 0. The molecule has 0 amide bonds. The van der Waals surface area contributed by atoms with E-state index < -0.39 is 0 Å². The largest absolute Gasteiger partial charge is 0.309 e. The first-order chi connectivity index (χ1) is 27.2. The maximum atomic E-state index is 5.07. The topological polar surface area (TPSA) is 30.7 Å². The lowest BCUT2D eigenvalue weighted by atomic mass is 9.95.